The lowest BCUT2D eigenvalue weighted by Gasteiger charge is -2.11. The van der Waals surface area contributed by atoms with Crippen molar-refractivity contribution in [2.45, 2.75) is 17.4 Å². The molecular weight excluding hydrogens is 322 g/mol. The molecule has 2 rings (SSSR count). The third-order valence-electron chi connectivity index (χ3n) is 2.85. The van der Waals surface area contributed by atoms with Crippen LogP contribution in [0.15, 0.2) is 40.6 Å². The summed E-state index contributed by atoms with van der Waals surface area (Å²) in [5, 5.41) is 1.03. The fourth-order valence-corrected chi connectivity index (χ4v) is 4.61. The highest BCUT2D eigenvalue weighted by molar-refractivity contribution is 7.94. The summed E-state index contributed by atoms with van der Waals surface area (Å²) in [5.74, 6) is 0.228. The van der Waals surface area contributed by atoms with Gasteiger partial charge in [0.25, 0.3) is 0 Å². The van der Waals surface area contributed by atoms with Crippen LogP contribution in [0.4, 0.5) is 0 Å². The van der Waals surface area contributed by atoms with Gasteiger partial charge in [-0.05, 0) is 24.1 Å². The largest absolute Gasteiger partial charge is 0.241 e. The lowest BCUT2D eigenvalue weighted by Crippen LogP contribution is -2.35. The van der Waals surface area contributed by atoms with Crippen molar-refractivity contribution in [1.29, 1.82) is 0 Å². The van der Waals surface area contributed by atoms with E-state index in [0.717, 1.165) is 11.0 Å². The van der Waals surface area contributed by atoms with E-state index in [-0.39, 0.29) is 10.6 Å². The summed E-state index contributed by atoms with van der Waals surface area (Å²) in [4.78, 5) is 0.105. The van der Waals surface area contributed by atoms with Crippen LogP contribution in [-0.4, -0.2) is 34.5 Å². The van der Waals surface area contributed by atoms with Gasteiger partial charge in [0, 0.05) is 11.3 Å². The van der Waals surface area contributed by atoms with E-state index in [9.17, 15) is 16.8 Å². The quantitative estimate of drug-likeness (QED) is 0.816. The molecule has 0 radical (unpaired) electrons. The maximum absolute atomic E-state index is 12.1. The zero-order chi connectivity index (χ0) is 14.8. The molecule has 1 unspecified atom stereocenters. The second-order valence-corrected chi connectivity index (χ2v) is 8.49. The maximum Gasteiger partial charge on any atom is 0.241 e. The zero-order valence-electron chi connectivity index (χ0n) is 10.5. The van der Waals surface area contributed by atoms with Gasteiger partial charge >= 0.3 is 0 Å². The second-order valence-electron chi connectivity index (χ2n) is 4.47. The summed E-state index contributed by atoms with van der Waals surface area (Å²) in [7, 11) is -7.01. The molecule has 1 aliphatic heterocycles. The topological polar surface area (TPSA) is 80.3 Å². The van der Waals surface area contributed by atoms with Crippen LogP contribution < -0.4 is 4.72 Å². The van der Waals surface area contributed by atoms with Crippen molar-refractivity contribution in [3.05, 3.63) is 41.3 Å². The van der Waals surface area contributed by atoms with Gasteiger partial charge in [-0.1, -0.05) is 18.2 Å². The Morgan fingerprint density at radius 1 is 1.25 bits per heavy atom. The van der Waals surface area contributed by atoms with Crippen LogP contribution in [0, 0.1) is 0 Å². The number of aryl methyl sites for hydroxylation is 1. The monoisotopic (exact) mass is 335 g/mol. The van der Waals surface area contributed by atoms with Crippen LogP contribution in [-0.2, 0) is 26.3 Å². The number of halogens is 1. The Morgan fingerprint density at radius 3 is 2.40 bits per heavy atom. The predicted octanol–water partition coefficient (Wildman–Crippen LogP) is 1.06. The average Bonchev–Trinajstić information content (AvgIpc) is 2.69. The minimum Gasteiger partial charge on any atom is -0.224 e. The minimum atomic E-state index is -3.72. The van der Waals surface area contributed by atoms with Gasteiger partial charge in [0.15, 0.2) is 9.84 Å². The molecule has 0 bridgehead atoms. The Balaban J connectivity index is 2.13. The Labute approximate surface area is 123 Å². The van der Waals surface area contributed by atoms with Gasteiger partial charge in [0.1, 0.15) is 0 Å². The Hall–Kier alpha value is -0.890. The van der Waals surface area contributed by atoms with Gasteiger partial charge in [0.05, 0.1) is 16.7 Å². The number of hydrogen-bond acceptors (Lipinski definition) is 4. The van der Waals surface area contributed by atoms with E-state index in [1.165, 1.54) is 18.2 Å². The van der Waals surface area contributed by atoms with Gasteiger partial charge in [-0.3, -0.25) is 0 Å². The number of alkyl halides is 1. The molecule has 1 atom stereocenters. The molecular formula is C12H14ClNO4S2. The number of sulfone groups is 1. The number of nitrogens with one attached hydrogen (secondary N) is 1. The molecule has 110 valence electrons. The fraction of sp³-hybridized carbons (Fsp3) is 0.333. The van der Waals surface area contributed by atoms with Crippen molar-refractivity contribution in [3.8, 4) is 0 Å². The summed E-state index contributed by atoms with van der Waals surface area (Å²) in [5.41, 5.74) is 0.947. The lowest BCUT2D eigenvalue weighted by molar-refractivity contribution is 0.575. The number of hydrogen-bond donors (Lipinski definition) is 1. The zero-order valence-corrected chi connectivity index (χ0v) is 12.9. The third kappa shape index (κ3) is 3.82. The first-order valence-electron chi connectivity index (χ1n) is 5.91. The summed E-state index contributed by atoms with van der Waals surface area (Å²) in [6.07, 6.45) is 2.01. The van der Waals surface area contributed by atoms with Gasteiger partial charge in [0.2, 0.25) is 10.0 Å². The first-order valence-corrected chi connectivity index (χ1v) is 9.64. The highest BCUT2D eigenvalue weighted by atomic mass is 35.5. The third-order valence-corrected chi connectivity index (χ3v) is 5.94. The molecule has 1 N–H and O–H groups in total. The highest BCUT2D eigenvalue weighted by Gasteiger charge is 2.26. The molecule has 8 heteroatoms. The summed E-state index contributed by atoms with van der Waals surface area (Å²) >= 11 is 5.61. The SMILES string of the molecule is O=S1(=O)C=CC(NS(=O)(=O)c2ccc(CCCl)cc2)C1. The van der Waals surface area contributed by atoms with E-state index in [2.05, 4.69) is 4.72 Å². The van der Waals surface area contributed by atoms with Gasteiger partial charge in [-0.2, -0.15) is 0 Å². The first-order chi connectivity index (χ1) is 9.32. The molecule has 0 spiro atoms. The molecule has 20 heavy (non-hydrogen) atoms. The van der Waals surface area contributed by atoms with Crippen LogP contribution in [0.3, 0.4) is 0 Å². The van der Waals surface area contributed by atoms with Crippen molar-refractivity contribution >= 4 is 31.5 Å². The van der Waals surface area contributed by atoms with Crippen LogP contribution in [0.5, 0.6) is 0 Å². The van der Waals surface area contributed by atoms with Gasteiger partial charge in [-0.15, -0.1) is 11.6 Å². The van der Waals surface area contributed by atoms with Gasteiger partial charge in [-0.25, -0.2) is 21.6 Å². The van der Waals surface area contributed by atoms with Crippen LogP contribution in [0.25, 0.3) is 0 Å². The molecule has 1 aromatic carbocycles. The minimum absolute atomic E-state index is 0.105. The van der Waals surface area contributed by atoms with E-state index in [0.29, 0.717) is 12.3 Å². The van der Waals surface area contributed by atoms with Gasteiger partial charge < -0.3 is 0 Å². The number of sulfonamides is 1. The molecule has 1 heterocycles. The Morgan fingerprint density at radius 2 is 1.90 bits per heavy atom. The fourth-order valence-electron chi connectivity index (χ4n) is 1.86. The molecule has 0 saturated carbocycles. The van der Waals surface area contributed by atoms with Crippen LogP contribution in [0.2, 0.25) is 0 Å². The van der Waals surface area contributed by atoms with Crippen molar-refractivity contribution in [2.75, 3.05) is 11.6 Å². The van der Waals surface area contributed by atoms with E-state index >= 15 is 0 Å². The standard InChI is InChI=1S/C12H14ClNO4S2/c13-7-5-10-1-3-12(4-2-10)20(17,18)14-11-6-8-19(15,16)9-11/h1-4,6,8,11,14H,5,7,9H2. The van der Waals surface area contributed by atoms with E-state index in [4.69, 9.17) is 11.6 Å². The molecule has 0 fully saturated rings. The summed E-state index contributed by atoms with van der Waals surface area (Å²) in [6, 6.07) is 5.64. The first kappa shape index (κ1) is 15.5. The van der Waals surface area contributed by atoms with Crippen molar-refractivity contribution in [1.82, 2.24) is 4.72 Å². The molecule has 1 aromatic rings. The van der Waals surface area contributed by atoms with Crippen molar-refractivity contribution < 1.29 is 16.8 Å². The Bertz CT molecular complexity index is 708. The molecule has 1 aliphatic rings. The molecule has 0 aromatic heterocycles. The number of benzene rings is 1. The smallest absolute Gasteiger partial charge is 0.224 e. The Kier molecular flexibility index (Phi) is 4.53. The predicted molar refractivity (Wildman–Crippen MR) is 77.9 cm³/mol. The van der Waals surface area contributed by atoms with E-state index < -0.39 is 25.9 Å². The lowest BCUT2D eigenvalue weighted by atomic mass is 10.2. The molecule has 0 aliphatic carbocycles. The van der Waals surface area contributed by atoms with Crippen LogP contribution >= 0.6 is 11.6 Å². The molecule has 0 amide bonds. The van der Waals surface area contributed by atoms with Crippen LogP contribution in [0.1, 0.15) is 5.56 Å². The number of rotatable bonds is 5. The highest BCUT2D eigenvalue weighted by Crippen LogP contribution is 2.15. The van der Waals surface area contributed by atoms with E-state index in [1.807, 2.05) is 0 Å². The molecule has 0 saturated heterocycles. The second kappa shape index (κ2) is 5.85. The van der Waals surface area contributed by atoms with Crippen molar-refractivity contribution in [2.24, 2.45) is 0 Å². The average molecular weight is 336 g/mol. The van der Waals surface area contributed by atoms with Crippen molar-refractivity contribution in [3.63, 3.8) is 0 Å². The normalized spacial score (nSPS) is 21.1. The van der Waals surface area contributed by atoms with E-state index in [1.54, 1.807) is 12.1 Å². The maximum atomic E-state index is 12.1. The summed E-state index contributed by atoms with van der Waals surface area (Å²) in [6.45, 7) is 0. The summed E-state index contributed by atoms with van der Waals surface area (Å²) < 4.78 is 49.1. The molecule has 5 nitrogen and oxygen atoms in total.